The van der Waals surface area contributed by atoms with Crippen LogP contribution in [0.3, 0.4) is 0 Å². The van der Waals surface area contributed by atoms with E-state index in [0.29, 0.717) is 70.0 Å². The number of carboxylic acids is 3. The zero-order valence-electron chi connectivity index (χ0n) is 20.9. The molecular weight excluding hydrogens is 663 g/mol. The number of amides is 2. The van der Waals surface area contributed by atoms with Crippen LogP contribution < -0.4 is 0 Å². The number of carboxylic acid groups (broad SMARTS) is 3. The molecule has 1 fully saturated rings. The van der Waals surface area contributed by atoms with Crippen LogP contribution >= 0.6 is 0 Å². The van der Waals surface area contributed by atoms with Crippen LogP contribution in [0.5, 0.6) is 0 Å². The van der Waals surface area contributed by atoms with Gasteiger partial charge in [0.05, 0.1) is 30.8 Å². The minimum Gasteiger partial charge on any atom is -0.480 e. The van der Waals surface area contributed by atoms with Crippen molar-refractivity contribution in [2.24, 2.45) is 0 Å². The van der Waals surface area contributed by atoms with Gasteiger partial charge in [0.1, 0.15) is 0 Å². The Balaban J connectivity index is 0.00000507. The number of hydrogen-bond acceptors (Lipinski definition) is 9. The van der Waals surface area contributed by atoms with Gasteiger partial charge in [-0.25, -0.2) is 0 Å². The van der Waals surface area contributed by atoms with E-state index < -0.39 is 17.9 Å². The molecule has 0 saturated carbocycles. The van der Waals surface area contributed by atoms with Gasteiger partial charge in [0.2, 0.25) is 0 Å². The van der Waals surface area contributed by atoms with Gasteiger partial charge in [-0.05, 0) is 12.1 Å². The Morgan fingerprint density at radius 3 is 1.21 bits per heavy atom. The molecule has 0 aliphatic carbocycles. The summed E-state index contributed by atoms with van der Waals surface area (Å²) >= 11 is 0. The Bertz CT molecular complexity index is 958. The summed E-state index contributed by atoms with van der Waals surface area (Å²) in [5.41, 5.74) is 0.736. The van der Waals surface area contributed by atoms with Crippen LogP contribution in [0.1, 0.15) is 20.7 Å². The molecule has 2 heterocycles. The predicted molar refractivity (Wildman–Crippen MR) is 130 cm³/mol. The standard InChI is InChI=1S/C24H33N5O8.Lu/c30-20(31)15-26-7-5-25(13-14-29-23(36)18-3-1-2-4-19(18)24(29)37)6-8-27(16-21(32)33)10-12-28(11-9-26)17-22(34)35;/h1-4H,5-17H2,(H,30,31)(H,32,33)(H,34,35);/i;1+2. The maximum absolute atomic E-state index is 12.7. The Kier molecular flexibility index (Phi) is 13.0. The van der Waals surface area contributed by atoms with E-state index in [4.69, 9.17) is 0 Å². The molecular formula is C24H33LuN5O8. The first kappa shape index (κ1) is 32.1. The molecule has 217 valence electrons. The molecule has 2 amide bonds. The molecule has 2 aliphatic heterocycles. The Labute approximate surface area is 249 Å². The van der Waals surface area contributed by atoms with Gasteiger partial charge in [0.25, 0.3) is 11.8 Å². The third-order valence-corrected chi connectivity index (χ3v) is 6.52. The number of fused-ring (bicyclic) bond motifs is 1. The Morgan fingerprint density at radius 2 is 0.895 bits per heavy atom. The van der Waals surface area contributed by atoms with Gasteiger partial charge in [0.15, 0.2) is 0 Å². The molecule has 1 saturated heterocycles. The second-order valence-electron chi connectivity index (χ2n) is 9.16. The molecule has 3 rings (SSSR count). The first-order valence-corrected chi connectivity index (χ1v) is 12.1. The first-order chi connectivity index (χ1) is 17.6. The van der Waals surface area contributed by atoms with Crippen molar-refractivity contribution in [1.29, 1.82) is 0 Å². The van der Waals surface area contributed by atoms with E-state index in [1.165, 1.54) is 4.90 Å². The summed E-state index contributed by atoms with van der Waals surface area (Å²) in [6.45, 7) is 2.72. The average molecular weight is 696 g/mol. The largest absolute Gasteiger partial charge is 0.480 e. The van der Waals surface area contributed by atoms with Crippen LogP contribution in [-0.2, 0) is 14.4 Å². The van der Waals surface area contributed by atoms with Gasteiger partial charge in [-0.2, -0.15) is 0 Å². The van der Waals surface area contributed by atoms with Gasteiger partial charge >= 0.3 is 17.9 Å². The number of aliphatic carboxylic acids is 3. The van der Waals surface area contributed by atoms with Crippen LogP contribution in [0.2, 0.25) is 0 Å². The van der Waals surface area contributed by atoms with Crippen LogP contribution in [-0.4, -0.2) is 155 Å². The van der Waals surface area contributed by atoms with E-state index in [1.807, 2.05) is 4.90 Å². The zero-order chi connectivity index (χ0) is 26.9. The number of benzene rings is 1. The molecule has 13 nitrogen and oxygen atoms in total. The minimum absolute atomic E-state index is 0. The van der Waals surface area contributed by atoms with Crippen LogP contribution in [0.25, 0.3) is 0 Å². The molecule has 0 atom stereocenters. The molecule has 1 radical (unpaired) electrons. The summed E-state index contributed by atoms with van der Waals surface area (Å²) in [6.07, 6.45) is 0. The number of nitrogens with zero attached hydrogens (tertiary/aromatic N) is 5. The molecule has 1 aromatic rings. The first-order valence-electron chi connectivity index (χ1n) is 12.1. The van der Waals surface area contributed by atoms with E-state index in [-0.39, 0.29) is 74.9 Å². The van der Waals surface area contributed by atoms with Crippen molar-refractivity contribution >= 4 is 29.7 Å². The average Bonchev–Trinajstić information content (AvgIpc) is 3.07. The maximum atomic E-state index is 12.7. The monoisotopic (exact) mass is 696 g/mol. The van der Waals surface area contributed by atoms with Crippen LogP contribution in [0, 0.1) is 36.9 Å². The van der Waals surface area contributed by atoms with Crippen molar-refractivity contribution in [3.05, 3.63) is 35.4 Å². The van der Waals surface area contributed by atoms with E-state index in [1.54, 1.807) is 39.0 Å². The van der Waals surface area contributed by atoms with Crippen molar-refractivity contribution in [2.45, 2.75) is 0 Å². The summed E-state index contributed by atoms with van der Waals surface area (Å²) in [5, 5.41) is 27.9. The number of carbonyl (C=O) groups is 5. The maximum Gasteiger partial charge on any atom is 0.317 e. The van der Waals surface area contributed by atoms with E-state index in [0.717, 1.165) is 0 Å². The molecule has 0 aromatic heterocycles. The summed E-state index contributed by atoms with van der Waals surface area (Å²) < 4.78 is 0. The minimum atomic E-state index is -1.01. The smallest absolute Gasteiger partial charge is 0.317 e. The quantitative estimate of drug-likeness (QED) is 0.264. The van der Waals surface area contributed by atoms with Gasteiger partial charge in [-0.1, -0.05) is 12.1 Å². The normalized spacial score (nSPS) is 18.8. The van der Waals surface area contributed by atoms with Crippen LogP contribution in [0.4, 0.5) is 0 Å². The fourth-order valence-electron chi connectivity index (χ4n) is 4.53. The summed E-state index contributed by atoms with van der Waals surface area (Å²) in [6, 6.07) is 6.64. The van der Waals surface area contributed by atoms with Crippen molar-refractivity contribution in [1.82, 2.24) is 24.5 Å². The number of carbonyl (C=O) groups excluding carboxylic acids is 2. The Morgan fingerprint density at radius 1 is 0.579 bits per heavy atom. The van der Waals surface area contributed by atoms with E-state index >= 15 is 0 Å². The number of rotatable bonds is 9. The van der Waals surface area contributed by atoms with Gasteiger partial charge in [0, 0.05) is 102 Å². The molecule has 14 heteroatoms. The van der Waals surface area contributed by atoms with Gasteiger partial charge < -0.3 is 15.3 Å². The third kappa shape index (κ3) is 9.55. The Hall–Kier alpha value is -2.16. The zero-order valence-corrected chi connectivity index (χ0v) is 22.5. The fourth-order valence-corrected chi connectivity index (χ4v) is 4.53. The molecule has 1 aromatic carbocycles. The summed E-state index contributed by atoms with van der Waals surface area (Å²) in [5.74, 6) is -3.72. The number of imide groups is 1. The van der Waals surface area contributed by atoms with Crippen molar-refractivity contribution in [3.8, 4) is 0 Å². The topological polar surface area (TPSA) is 162 Å². The van der Waals surface area contributed by atoms with Crippen molar-refractivity contribution < 1.29 is 76.2 Å². The molecule has 3 N–H and O–H groups in total. The fraction of sp³-hybridized carbons (Fsp3) is 0.542. The van der Waals surface area contributed by atoms with Crippen LogP contribution in [0.15, 0.2) is 24.3 Å². The van der Waals surface area contributed by atoms with E-state index in [2.05, 4.69) is 0 Å². The molecule has 0 unspecified atom stereocenters. The molecule has 0 bridgehead atoms. The molecule has 0 spiro atoms. The second kappa shape index (κ2) is 15.4. The second-order valence-corrected chi connectivity index (χ2v) is 9.16. The van der Waals surface area contributed by atoms with E-state index in [9.17, 15) is 39.3 Å². The SMILES string of the molecule is O=C(O)CN1CCN(CCN2C(=O)c3ccccc3C2=O)CCN(CC(=O)O)CCN(CC(=O)O)CC1.[177Lu]. The molecule has 38 heavy (non-hydrogen) atoms. The van der Waals surface area contributed by atoms with Crippen molar-refractivity contribution in [3.63, 3.8) is 0 Å². The number of hydrogen-bond donors (Lipinski definition) is 3. The predicted octanol–water partition coefficient (Wildman–Crippen LogP) is -1.24. The van der Waals surface area contributed by atoms with Gasteiger partial charge in [-0.15, -0.1) is 0 Å². The van der Waals surface area contributed by atoms with Crippen molar-refractivity contribution in [2.75, 3.05) is 85.1 Å². The van der Waals surface area contributed by atoms with Gasteiger partial charge in [-0.3, -0.25) is 48.5 Å². The summed E-state index contributed by atoms with van der Waals surface area (Å²) in [4.78, 5) is 67.9. The third-order valence-electron chi connectivity index (χ3n) is 6.52. The molecule has 2 aliphatic rings. The summed E-state index contributed by atoms with van der Waals surface area (Å²) in [7, 11) is 0.